The highest BCUT2D eigenvalue weighted by molar-refractivity contribution is 6.38. The fourth-order valence-electron chi connectivity index (χ4n) is 6.62. The Morgan fingerprint density at radius 2 is 1.66 bits per heavy atom. The lowest BCUT2D eigenvalue weighted by Gasteiger charge is -2.33. The molecule has 3 aliphatic rings. The number of primary amides is 1. The number of carbonyl (C=O) groups excluding carboxylic acids is 5. The molecule has 0 aromatic rings. The van der Waals surface area contributed by atoms with Gasteiger partial charge in [-0.15, -0.1) is 6.58 Å². The first-order chi connectivity index (χ1) is 17.9. The number of nitrogens with one attached hydrogen (secondary N) is 3. The number of carbonyl (C=O) groups is 5. The Labute approximate surface area is 226 Å². The number of Topliss-reactive ketones (excluding diaryl/α,β-unsaturated/α-hetero) is 2. The molecule has 9 nitrogen and oxygen atoms in total. The van der Waals surface area contributed by atoms with Gasteiger partial charge in [0.25, 0.3) is 5.91 Å². The van der Waals surface area contributed by atoms with Gasteiger partial charge in [-0.25, -0.2) is 4.79 Å². The van der Waals surface area contributed by atoms with Gasteiger partial charge in [0.05, 0.1) is 12.1 Å². The van der Waals surface area contributed by atoms with Crippen LogP contribution in [0.4, 0.5) is 4.79 Å². The van der Waals surface area contributed by atoms with Gasteiger partial charge in [0.2, 0.25) is 11.7 Å². The van der Waals surface area contributed by atoms with Crippen LogP contribution in [0.15, 0.2) is 12.7 Å². The molecule has 0 saturated heterocycles. The highest BCUT2D eigenvalue weighted by Gasteiger charge is 2.45. The smallest absolute Gasteiger partial charge is 0.312 e. The zero-order chi connectivity index (χ0) is 28.0. The van der Waals surface area contributed by atoms with Crippen LogP contribution in [0.1, 0.15) is 85.0 Å². The lowest BCUT2D eigenvalue weighted by atomic mass is 9.77. The molecule has 212 valence electrons. The van der Waals surface area contributed by atoms with Gasteiger partial charge in [0.1, 0.15) is 0 Å². The Bertz CT molecular complexity index is 922. The number of hydrogen-bond donors (Lipinski definition) is 4. The Kier molecular flexibility index (Phi) is 10.1. The van der Waals surface area contributed by atoms with E-state index in [-0.39, 0.29) is 41.9 Å². The normalized spacial score (nSPS) is 27.0. The van der Waals surface area contributed by atoms with Gasteiger partial charge in [-0.3, -0.25) is 19.2 Å². The van der Waals surface area contributed by atoms with Crippen molar-refractivity contribution in [1.29, 1.82) is 0 Å². The molecule has 0 heterocycles. The third-order valence-corrected chi connectivity index (χ3v) is 8.88. The first kappa shape index (κ1) is 29.8. The Hall–Kier alpha value is -2.71. The Balaban J connectivity index is 1.75. The summed E-state index contributed by atoms with van der Waals surface area (Å²) in [5.41, 5.74) is 4.89. The molecule has 4 amide bonds. The van der Waals surface area contributed by atoms with Gasteiger partial charge in [-0.1, -0.05) is 59.0 Å². The second-order valence-electron chi connectivity index (χ2n) is 12.6. The molecule has 38 heavy (non-hydrogen) atoms. The number of rotatable bonds is 11. The summed E-state index contributed by atoms with van der Waals surface area (Å²) in [5.74, 6) is -1.41. The van der Waals surface area contributed by atoms with Crippen molar-refractivity contribution in [2.24, 2.45) is 40.7 Å². The Morgan fingerprint density at radius 3 is 2.24 bits per heavy atom. The lowest BCUT2D eigenvalue weighted by Crippen LogP contribution is -2.52. The van der Waals surface area contributed by atoms with Gasteiger partial charge in [0.15, 0.2) is 5.78 Å². The number of amides is 4. The fraction of sp³-hybridized carbons (Fsp3) is 0.759. The predicted molar refractivity (Wildman–Crippen MR) is 145 cm³/mol. The van der Waals surface area contributed by atoms with E-state index in [0.29, 0.717) is 31.6 Å². The molecule has 0 aromatic heterocycles. The van der Waals surface area contributed by atoms with Crippen LogP contribution in [0.25, 0.3) is 0 Å². The Morgan fingerprint density at radius 1 is 0.974 bits per heavy atom. The van der Waals surface area contributed by atoms with E-state index in [2.05, 4.69) is 22.5 Å². The van der Waals surface area contributed by atoms with Crippen LogP contribution < -0.4 is 21.7 Å². The first-order valence-corrected chi connectivity index (χ1v) is 14.2. The van der Waals surface area contributed by atoms with Crippen LogP contribution in [-0.2, 0) is 19.2 Å². The maximum Gasteiger partial charge on any atom is 0.312 e. The average Bonchev–Trinajstić information content (AvgIpc) is 3.19. The van der Waals surface area contributed by atoms with E-state index in [1.54, 1.807) is 0 Å². The average molecular weight is 531 g/mol. The summed E-state index contributed by atoms with van der Waals surface area (Å²) in [6, 6.07) is -2.26. The maximum absolute atomic E-state index is 13.7. The molecule has 0 bridgehead atoms. The molecule has 0 spiro atoms. The van der Waals surface area contributed by atoms with E-state index in [1.165, 1.54) is 6.08 Å². The highest BCUT2D eigenvalue weighted by Crippen LogP contribution is 2.46. The number of nitrogens with two attached hydrogens (primary N) is 1. The summed E-state index contributed by atoms with van der Waals surface area (Å²) in [4.78, 5) is 64.4. The minimum absolute atomic E-state index is 0.0278. The molecule has 0 aliphatic heterocycles. The fourth-order valence-corrected chi connectivity index (χ4v) is 6.62. The van der Waals surface area contributed by atoms with Crippen molar-refractivity contribution in [1.82, 2.24) is 16.0 Å². The maximum atomic E-state index is 13.7. The lowest BCUT2D eigenvalue weighted by molar-refractivity contribution is -0.141. The third-order valence-electron chi connectivity index (χ3n) is 8.88. The topological polar surface area (TPSA) is 147 Å². The minimum Gasteiger partial charge on any atom is -0.352 e. The highest BCUT2D eigenvalue weighted by atomic mass is 16.2. The minimum atomic E-state index is -0.844. The number of ketones is 2. The molecule has 6 atom stereocenters. The van der Waals surface area contributed by atoms with Gasteiger partial charge in [-0.2, -0.15) is 0 Å². The van der Waals surface area contributed by atoms with Crippen molar-refractivity contribution in [3.63, 3.8) is 0 Å². The van der Waals surface area contributed by atoms with E-state index in [4.69, 9.17) is 5.73 Å². The van der Waals surface area contributed by atoms with Crippen molar-refractivity contribution >= 4 is 29.4 Å². The van der Waals surface area contributed by atoms with Crippen molar-refractivity contribution < 1.29 is 24.0 Å². The van der Waals surface area contributed by atoms with Gasteiger partial charge in [0, 0.05) is 18.4 Å². The van der Waals surface area contributed by atoms with Crippen LogP contribution >= 0.6 is 0 Å². The largest absolute Gasteiger partial charge is 0.352 e. The van der Waals surface area contributed by atoms with Crippen LogP contribution in [0.3, 0.4) is 0 Å². The zero-order valence-corrected chi connectivity index (χ0v) is 23.2. The molecule has 3 rings (SSSR count). The molecular formula is C29H46N4O5. The molecule has 3 aliphatic carbocycles. The van der Waals surface area contributed by atoms with E-state index in [9.17, 15) is 24.0 Å². The van der Waals surface area contributed by atoms with E-state index in [0.717, 1.165) is 38.5 Å². The monoisotopic (exact) mass is 530 g/mol. The molecule has 3 saturated carbocycles. The van der Waals surface area contributed by atoms with Crippen LogP contribution in [0.2, 0.25) is 0 Å². The molecule has 0 aromatic carbocycles. The molecule has 9 heteroatoms. The number of fused-ring (bicyclic) bond motifs is 1. The number of urea groups is 1. The molecule has 5 N–H and O–H groups in total. The molecule has 0 radical (unpaired) electrons. The van der Waals surface area contributed by atoms with Crippen LogP contribution in [-0.4, -0.2) is 48.0 Å². The zero-order valence-electron chi connectivity index (χ0n) is 23.2. The third kappa shape index (κ3) is 7.44. The summed E-state index contributed by atoms with van der Waals surface area (Å²) >= 11 is 0. The molecule has 2 unspecified atom stereocenters. The van der Waals surface area contributed by atoms with E-state index >= 15 is 0 Å². The second kappa shape index (κ2) is 12.9. The van der Waals surface area contributed by atoms with Crippen molar-refractivity contribution in [3.05, 3.63) is 12.7 Å². The molecular weight excluding hydrogens is 484 g/mol. The summed E-state index contributed by atoms with van der Waals surface area (Å²) in [7, 11) is 0. The summed E-state index contributed by atoms with van der Waals surface area (Å²) in [6.07, 6.45) is 9.71. The SMILES string of the molecule is C=CCNC(=O)C(=O)C(CC1CCC1)NC(=O)[C@H]1CCC(C(=O)[C@@H](NC(N)=O)C(C)(C)C)C[C@@H]2CCC[C@@H]21. The number of hydrogen-bond acceptors (Lipinski definition) is 5. The van der Waals surface area contributed by atoms with Gasteiger partial charge < -0.3 is 21.7 Å². The van der Waals surface area contributed by atoms with Gasteiger partial charge >= 0.3 is 6.03 Å². The van der Waals surface area contributed by atoms with Crippen LogP contribution in [0.5, 0.6) is 0 Å². The predicted octanol–water partition coefficient (Wildman–Crippen LogP) is 3.02. The quantitative estimate of drug-likeness (QED) is 0.239. The summed E-state index contributed by atoms with van der Waals surface area (Å²) in [6.45, 7) is 9.47. The van der Waals surface area contributed by atoms with E-state index in [1.807, 2.05) is 20.8 Å². The van der Waals surface area contributed by atoms with Crippen molar-refractivity contribution in [2.45, 2.75) is 97.1 Å². The summed E-state index contributed by atoms with van der Waals surface area (Å²) in [5, 5.41) is 8.16. The standard InChI is InChI=1S/C29H46N4O5/c1-5-14-31-27(37)24(35)22(15-17-8-6-9-17)32-26(36)21-13-12-19(16-18-10-7-11-20(18)21)23(34)25(29(2,3)4)33-28(30)38/h5,17-22,25H,1,6-16H2,2-4H3,(H,31,37)(H,32,36)(H3,30,33,38)/t18-,19?,20-,21-,22?,25+/m0/s1. The van der Waals surface area contributed by atoms with Crippen LogP contribution in [0, 0.1) is 35.0 Å². The van der Waals surface area contributed by atoms with Crippen molar-refractivity contribution in [3.8, 4) is 0 Å². The first-order valence-electron chi connectivity index (χ1n) is 14.2. The summed E-state index contributed by atoms with van der Waals surface area (Å²) < 4.78 is 0. The van der Waals surface area contributed by atoms with E-state index < -0.39 is 35.2 Å². The van der Waals surface area contributed by atoms with Gasteiger partial charge in [-0.05, 0) is 55.3 Å². The molecule has 3 fully saturated rings. The second-order valence-corrected chi connectivity index (χ2v) is 12.6. The van der Waals surface area contributed by atoms with Crippen molar-refractivity contribution in [2.75, 3.05) is 6.54 Å².